The van der Waals surface area contributed by atoms with E-state index in [1.54, 1.807) is 11.6 Å². The molecule has 2 aromatic rings. The predicted octanol–water partition coefficient (Wildman–Crippen LogP) is 1.98. The van der Waals surface area contributed by atoms with Gasteiger partial charge in [0.2, 0.25) is 0 Å². The number of aromatic nitrogens is 1. The molecule has 0 aliphatic rings. The van der Waals surface area contributed by atoms with E-state index in [9.17, 15) is 4.79 Å². The molecule has 0 saturated carbocycles. The van der Waals surface area contributed by atoms with Crippen molar-refractivity contribution in [2.45, 2.75) is 20.4 Å². The highest BCUT2D eigenvalue weighted by molar-refractivity contribution is 7.09. The number of anilines is 1. The highest BCUT2D eigenvalue weighted by atomic mass is 32.1. The minimum absolute atomic E-state index is 0.152. The van der Waals surface area contributed by atoms with Crippen LogP contribution in [-0.2, 0) is 6.54 Å². The van der Waals surface area contributed by atoms with E-state index >= 15 is 0 Å². The Bertz CT molecular complexity index is 594. The maximum absolute atomic E-state index is 12.1. The van der Waals surface area contributed by atoms with Crippen LogP contribution in [0.4, 0.5) is 5.69 Å². The summed E-state index contributed by atoms with van der Waals surface area (Å²) in [6.45, 7) is 4.35. The zero-order chi connectivity index (χ0) is 13.8. The van der Waals surface area contributed by atoms with E-state index in [4.69, 9.17) is 5.84 Å². The fourth-order valence-electron chi connectivity index (χ4n) is 1.73. The van der Waals surface area contributed by atoms with Crippen LogP contribution in [0.2, 0.25) is 0 Å². The molecular formula is C13H16N4OS. The molecule has 0 radical (unpaired) electrons. The van der Waals surface area contributed by atoms with E-state index in [1.165, 1.54) is 11.3 Å². The summed E-state index contributed by atoms with van der Waals surface area (Å²) in [5.74, 6) is 5.28. The predicted molar refractivity (Wildman–Crippen MR) is 77.0 cm³/mol. The number of nitrogen functional groups attached to an aromatic ring is 1. The van der Waals surface area contributed by atoms with Crippen molar-refractivity contribution in [3.05, 3.63) is 45.4 Å². The van der Waals surface area contributed by atoms with E-state index in [1.807, 2.05) is 26.0 Å². The zero-order valence-electron chi connectivity index (χ0n) is 10.9. The van der Waals surface area contributed by atoms with Crippen molar-refractivity contribution in [2.75, 3.05) is 5.43 Å². The molecule has 0 unspecified atom stereocenters. The Balaban J connectivity index is 2.10. The molecule has 100 valence electrons. The van der Waals surface area contributed by atoms with Gasteiger partial charge in [0.25, 0.3) is 5.91 Å². The van der Waals surface area contributed by atoms with E-state index in [2.05, 4.69) is 15.7 Å². The number of hydrogen-bond acceptors (Lipinski definition) is 5. The SMILES string of the molecule is Cc1ccc(C(=O)NCc2scnc2C)c(NN)c1. The first-order chi connectivity index (χ1) is 9.11. The molecule has 6 heteroatoms. The number of aryl methyl sites for hydroxylation is 2. The summed E-state index contributed by atoms with van der Waals surface area (Å²) in [4.78, 5) is 17.3. The van der Waals surface area contributed by atoms with Gasteiger partial charge in [-0.1, -0.05) is 6.07 Å². The number of rotatable bonds is 4. The molecule has 1 heterocycles. The second-order valence-electron chi connectivity index (χ2n) is 4.24. The number of thiazole rings is 1. The van der Waals surface area contributed by atoms with Crippen molar-refractivity contribution < 1.29 is 4.79 Å². The number of benzene rings is 1. The van der Waals surface area contributed by atoms with Crippen LogP contribution in [-0.4, -0.2) is 10.9 Å². The lowest BCUT2D eigenvalue weighted by Gasteiger charge is -2.10. The number of carbonyl (C=O) groups excluding carboxylic acids is 1. The Hall–Kier alpha value is -1.92. The van der Waals surface area contributed by atoms with Gasteiger partial charge >= 0.3 is 0 Å². The molecule has 0 saturated heterocycles. The van der Waals surface area contributed by atoms with Crippen LogP contribution in [0.5, 0.6) is 0 Å². The molecule has 5 nitrogen and oxygen atoms in total. The first-order valence-electron chi connectivity index (χ1n) is 5.86. The number of hydrazine groups is 1. The number of hydrogen-bond donors (Lipinski definition) is 3. The summed E-state index contributed by atoms with van der Waals surface area (Å²) in [7, 11) is 0. The number of nitrogens with zero attached hydrogens (tertiary/aromatic N) is 1. The lowest BCUT2D eigenvalue weighted by molar-refractivity contribution is 0.0952. The van der Waals surface area contributed by atoms with Crippen LogP contribution in [0.15, 0.2) is 23.7 Å². The average molecular weight is 276 g/mol. The van der Waals surface area contributed by atoms with Gasteiger partial charge in [0.15, 0.2) is 0 Å². The smallest absolute Gasteiger partial charge is 0.253 e. The standard InChI is InChI=1S/C13H16N4OS/c1-8-3-4-10(11(5-8)17-14)13(18)15-6-12-9(2)16-7-19-12/h3-5,7,17H,6,14H2,1-2H3,(H,15,18). The van der Waals surface area contributed by atoms with Crippen LogP contribution in [0, 0.1) is 13.8 Å². The van der Waals surface area contributed by atoms with E-state index in [0.717, 1.165) is 16.1 Å². The molecule has 0 spiro atoms. The van der Waals surface area contributed by atoms with Gasteiger partial charge in [-0.25, -0.2) is 4.98 Å². The molecule has 4 N–H and O–H groups in total. The molecule has 0 fully saturated rings. The van der Waals surface area contributed by atoms with Gasteiger partial charge in [-0.05, 0) is 31.5 Å². The first-order valence-corrected chi connectivity index (χ1v) is 6.74. The Kier molecular flexibility index (Phi) is 4.13. The van der Waals surface area contributed by atoms with Crippen molar-refractivity contribution in [3.8, 4) is 0 Å². The van der Waals surface area contributed by atoms with E-state index < -0.39 is 0 Å². The van der Waals surface area contributed by atoms with Crippen molar-refractivity contribution in [1.82, 2.24) is 10.3 Å². The Morgan fingerprint density at radius 3 is 2.84 bits per heavy atom. The summed E-state index contributed by atoms with van der Waals surface area (Å²) in [6.07, 6.45) is 0. The summed E-state index contributed by atoms with van der Waals surface area (Å²) in [6, 6.07) is 5.49. The quantitative estimate of drug-likeness (QED) is 0.589. The van der Waals surface area contributed by atoms with Crippen LogP contribution >= 0.6 is 11.3 Å². The molecule has 1 aromatic heterocycles. The Labute approximate surface area is 115 Å². The Morgan fingerprint density at radius 1 is 1.42 bits per heavy atom. The molecule has 0 atom stereocenters. The van der Waals surface area contributed by atoms with Crippen LogP contribution in [0.25, 0.3) is 0 Å². The minimum atomic E-state index is -0.152. The first kappa shape index (κ1) is 13.5. The molecule has 0 aliphatic heterocycles. The number of nitrogens with two attached hydrogens (primary N) is 1. The summed E-state index contributed by atoms with van der Waals surface area (Å²) in [5, 5.41) is 2.87. The molecule has 19 heavy (non-hydrogen) atoms. The van der Waals surface area contributed by atoms with Crippen molar-refractivity contribution in [1.29, 1.82) is 0 Å². The molecule has 1 aromatic carbocycles. The van der Waals surface area contributed by atoms with Crippen LogP contribution in [0.1, 0.15) is 26.5 Å². The fourth-order valence-corrected chi connectivity index (χ4v) is 2.44. The maximum Gasteiger partial charge on any atom is 0.253 e. The third kappa shape index (κ3) is 3.10. The number of amides is 1. The highest BCUT2D eigenvalue weighted by Crippen LogP contribution is 2.17. The minimum Gasteiger partial charge on any atom is -0.347 e. The molecule has 0 aliphatic carbocycles. The van der Waals surface area contributed by atoms with Gasteiger partial charge in [-0.2, -0.15) is 0 Å². The normalized spacial score (nSPS) is 10.3. The molecular weight excluding hydrogens is 260 g/mol. The Morgan fingerprint density at radius 2 is 2.21 bits per heavy atom. The third-order valence-corrected chi connectivity index (χ3v) is 3.76. The second kappa shape index (κ2) is 5.81. The van der Waals surface area contributed by atoms with E-state index in [-0.39, 0.29) is 5.91 Å². The molecule has 2 rings (SSSR count). The number of carbonyl (C=O) groups is 1. The molecule has 0 bridgehead atoms. The zero-order valence-corrected chi connectivity index (χ0v) is 11.7. The van der Waals surface area contributed by atoms with Gasteiger partial charge < -0.3 is 10.7 Å². The van der Waals surface area contributed by atoms with Crippen molar-refractivity contribution in [2.24, 2.45) is 5.84 Å². The highest BCUT2D eigenvalue weighted by Gasteiger charge is 2.11. The summed E-state index contributed by atoms with van der Waals surface area (Å²) >= 11 is 1.53. The molecule has 1 amide bonds. The third-order valence-electron chi connectivity index (χ3n) is 2.83. The average Bonchev–Trinajstić information content (AvgIpc) is 2.81. The second-order valence-corrected chi connectivity index (χ2v) is 5.18. The largest absolute Gasteiger partial charge is 0.347 e. The number of nitrogens with one attached hydrogen (secondary N) is 2. The monoisotopic (exact) mass is 276 g/mol. The van der Waals surface area contributed by atoms with E-state index in [0.29, 0.717) is 17.8 Å². The van der Waals surface area contributed by atoms with Gasteiger partial charge in [0.05, 0.1) is 29.0 Å². The lowest BCUT2D eigenvalue weighted by Crippen LogP contribution is -2.24. The topological polar surface area (TPSA) is 80.0 Å². The summed E-state index contributed by atoms with van der Waals surface area (Å²) in [5.41, 5.74) is 7.48. The fraction of sp³-hybridized carbons (Fsp3) is 0.231. The summed E-state index contributed by atoms with van der Waals surface area (Å²) < 4.78 is 0. The van der Waals surface area contributed by atoms with Gasteiger partial charge in [0.1, 0.15) is 0 Å². The van der Waals surface area contributed by atoms with Gasteiger partial charge in [-0.15, -0.1) is 11.3 Å². The van der Waals surface area contributed by atoms with Gasteiger partial charge in [0, 0.05) is 4.88 Å². The van der Waals surface area contributed by atoms with Crippen LogP contribution in [0.3, 0.4) is 0 Å². The van der Waals surface area contributed by atoms with Crippen molar-refractivity contribution >= 4 is 22.9 Å². The van der Waals surface area contributed by atoms with Crippen LogP contribution < -0.4 is 16.6 Å². The van der Waals surface area contributed by atoms with Crippen molar-refractivity contribution in [3.63, 3.8) is 0 Å². The van der Waals surface area contributed by atoms with Gasteiger partial charge in [-0.3, -0.25) is 10.6 Å². The maximum atomic E-state index is 12.1. The lowest BCUT2D eigenvalue weighted by atomic mass is 10.1.